The summed E-state index contributed by atoms with van der Waals surface area (Å²) in [6.07, 6.45) is 1.42. The van der Waals surface area contributed by atoms with Gasteiger partial charge in [0.1, 0.15) is 4.83 Å². The van der Waals surface area contributed by atoms with E-state index in [1.165, 1.54) is 29.2 Å². The average molecular weight is 403 g/mol. The Morgan fingerprint density at radius 2 is 1.79 bits per heavy atom. The minimum atomic E-state index is -0.239. The molecule has 4 rings (SSSR count). The van der Waals surface area contributed by atoms with Crippen LogP contribution in [0.1, 0.15) is 17.3 Å². The highest BCUT2D eigenvalue weighted by Gasteiger charge is 2.13. The zero-order valence-corrected chi connectivity index (χ0v) is 16.4. The second-order valence-electron chi connectivity index (χ2n) is 6.55. The quantitative estimate of drug-likeness (QED) is 0.511. The molecule has 0 unspecified atom stereocenters. The van der Waals surface area contributed by atoms with E-state index >= 15 is 0 Å². The fourth-order valence-electron chi connectivity index (χ4n) is 3.01. The normalized spacial score (nSPS) is 10.8. The molecule has 7 heteroatoms. The largest absolute Gasteiger partial charge is 0.326 e. The molecule has 0 spiro atoms. The average Bonchev–Trinajstić information content (AvgIpc) is 3.16. The van der Waals surface area contributed by atoms with Crippen molar-refractivity contribution in [1.82, 2.24) is 9.55 Å². The second kappa shape index (κ2) is 7.81. The molecule has 0 saturated heterocycles. The number of ketones is 1. The van der Waals surface area contributed by atoms with Gasteiger partial charge in [-0.05, 0) is 35.9 Å². The third kappa shape index (κ3) is 4.00. The van der Waals surface area contributed by atoms with Crippen molar-refractivity contribution in [3.05, 3.63) is 82.9 Å². The van der Waals surface area contributed by atoms with Gasteiger partial charge in [-0.15, -0.1) is 11.3 Å². The van der Waals surface area contributed by atoms with Crippen molar-refractivity contribution in [3.8, 4) is 10.4 Å². The smallest absolute Gasteiger partial charge is 0.262 e. The summed E-state index contributed by atoms with van der Waals surface area (Å²) in [5.74, 6) is -0.387. The van der Waals surface area contributed by atoms with Crippen LogP contribution in [-0.2, 0) is 11.3 Å². The summed E-state index contributed by atoms with van der Waals surface area (Å²) < 4.78 is 1.33. The van der Waals surface area contributed by atoms with E-state index in [4.69, 9.17) is 0 Å². The topological polar surface area (TPSA) is 81.1 Å². The van der Waals surface area contributed by atoms with Crippen molar-refractivity contribution in [2.75, 3.05) is 5.32 Å². The molecule has 6 nitrogen and oxygen atoms in total. The molecule has 0 atom stereocenters. The van der Waals surface area contributed by atoms with Crippen molar-refractivity contribution in [3.63, 3.8) is 0 Å². The van der Waals surface area contributed by atoms with Crippen molar-refractivity contribution in [2.45, 2.75) is 13.5 Å². The Hall–Kier alpha value is -3.58. The monoisotopic (exact) mass is 403 g/mol. The Morgan fingerprint density at radius 3 is 2.48 bits per heavy atom. The van der Waals surface area contributed by atoms with Gasteiger partial charge in [0.25, 0.3) is 5.56 Å². The van der Waals surface area contributed by atoms with Crippen LogP contribution in [0.15, 0.2) is 71.8 Å². The Kier molecular flexibility index (Phi) is 5.05. The van der Waals surface area contributed by atoms with Gasteiger partial charge < -0.3 is 5.32 Å². The molecule has 0 fully saturated rings. The molecule has 0 aliphatic carbocycles. The Labute approximate surface area is 170 Å². The van der Waals surface area contributed by atoms with Crippen LogP contribution >= 0.6 is 11.3 Å². The number of rotatable bonds is 5. The van der Waals surface area contributed by atoms with Crippen LogP contribution in [-0.4, -0.2) is 21.2 Å². The third-order valence-electron chi connectivity index (χ3n) is 4.42. The summed E-state index contributed by atoms with van der Waals surface area (Å²) in [4.78, 5) is 42.5. The van der Waals surface area contributed by atoms with Crippen LogP contribution in [0, 0.1) is 0 Å². The van der Waals surface area contributed by atoms with Crippen molar-refractivity contribution >= 4 is 38.9 Å². The van der Waals surface area contributed by atoms with Crippen molar-refractivity contribution < 1.29 is 9.59 Å². The number of hydrogen-bond donors (Lipinski definition) is 1. The first-order chi connectivity index (χ1) is 14.0. The first-order valence-corrected chi connectivity index (χ1v) is 9.78. The van der Waals surface area contributed by atoms with Crippen LogP contribution in [0.3, 0.4) is 0 Å². The number of hydrogen-bond acceptors (Lipinski definition) is 5. The number of nitrogens with one attached hydrogen (secondary N) is 1. The van der Waals surface area contributed by atoms with Gasteiger partial charge in [-0.25, -0.2) is 4.98 Å². The zero-order chi connectivity index (χ0) is 20.4. The molecule has 2 heterocycles. The highest BCUT2D eigenvalue weighted by Crippen LogP contribution is 2.30. The molecule has 0 radical (unpaired) electrons. The number of nitrogens with zero attached hydrogens (tertiary/aromatic N) is 2. The number of carbonyl (C=O) groups is 2. The van der Waals surface area contributed by atoms with E-state index in [1.54, 1.807) is 24.3 Å². The second-order valence-corrected chi connectivity index (χ2v) is 7.59. The van der Waals surface area contributed by atoms with E-state index in [-0.39, 0.29) is 23.8 Å². The number of carbonyl (C=O) groups excluding carboxylic acids is 2. The van der Waals surface area contributed by atoms with Crippen molar-refractivity contribution in [2.24, 2.45) is 0 Å². The molecule has 0 aliphatic rings. The van der Waals surface area contributed by atoms with E-state index in [9.17, 15) is 14.4 Å². The number of Topliss-reactive ketones (excluding diaryl/α,β-unsaturated/α-hetero) is 1. The van der Waals surface area contributed by atoms with Gasteiger partial charge in [0, 0.05) is 23.1 Å². The maximum atomic E-state index is 12.8. The van der Waals surface area contributed by atoms with Crippen LogP contribution in [0.2, 0.25) is 0 Å². The maximum absolute atomic E-state index is 12.8. The van der Waals surface area contributed by atoms with Gasteiger partial charge in [0.2, 0.25) is 5.91 Å². The minimum Gasteiger partial charge on any atom is -0.326 e. The van der Waals surface area contributed by atoms with E-state index in [0.29, 0.717) is 21.5 Å². The SMILES string of the molecule is CC(=O)Nc1ccc(C(=O)Cn2cnc3sc(-c4ccccc4)cc3c2=O)cc1. The minimum absolute atomic E-state index is 0.0994. The van der Waals surface area contributed by atoms with Crippen LogP contribution in [0.4, 0.5) is 5.69 Å². The first kappa shape index (κ1) is 18.8. The molecule has 2 aromatic carbocycles. The molecule has 1 amide bonds. The van der Waals surface area contributed by atoms with Crippen LogP contribution in [0.5, 0.6) is 0 Å². The number of fused-ring (bicyclic) bond motifs is 1. The number of benzene rings is 2. The Morgan fingerprint density at radius 1 is 1.07 bits per heavy atom. The zero-order valence-electron chi connectivity index (χ0n) is 15.6. The number of amides is 1. The molecule has 2 aromatic heterocycles. The first-order valence-electron chi connectivity index (χ1n) is 8.96. The molecular weight excluding hydrogens is 386 g/mol. The van der Waals surface area contributed by atoms with E-state index in [1.807, 2.05) is 36.4 Å². The molecular formula is C22H17N3O3S. The predicted octanol–water partition coefficient (Wildman–Crippen LogP) is 3.97. The summed E-state index contributed by atoms with van der Waals surface area (Å²) in [6.45, 7) is 1.32. The van der Waals surface area contributed by atoms with Gasteiger partial charge >= 0.3 is 0 Å². The summed E-state index contributed by atoms with van der Waals surface area (Å²) >= 11 is 1.45. The molecule has 0 aliphatic heterocycles. The maximum Gasteiger partial charge on any atom is 0.262 e. The van der Waals surface area contributed by atoms with Gasteiger partial charge in [0.15, 0.2) is 5.78 Å². The predicted molar refractivity (Wildman–Crippen MR) is 114 cm³/mol. The standard InChI is InChI=1S/C22H17N3O3S/c1-14(26)24-17-9-7-15(8-10-17)19(27)12-25-13-23-21-18(22(25)28)11-20(29-21)16-5-3-2-4-6-16/h2-11,13H,12H2,1H3,(H,24,26). The molecule has 144 valence electrons. The molecule has 0 saturated carbocycles. The van der Waals surface area contributed by atoms with Gasteiger partial charge in [-0.2, -0.15) is 0 Å². The lowest BCUT2D eigenvalue weighted by Crippen LogP contribution is -2.24. The van der Waals surface area contributed by atoms with Gasteiger partial charge in [-0.1, -0.05) is 30.3 Å². The van der Waals surface area contributed by atoms with Gasteiger partial charge in [-0.3, -0.25) is 19.0 Å². The fraction of sp³-hybridized carbons (Fsp3) is 0.0909. The number of aromatic nitrogens is 2. The third-order valence-corrected chi connectivity index (χ3v) is 5.51. The lowest BCUT2D eigenvalue weighted by molar-refractivity contribution is -0.114. The molecule has 29 heavy (non-hydrogen) atoms. The van der Waals surface area contributed by atoms with Gasteiger partial charge in [0.05, 0.1) is 18.3 Å². The Bertz CT molecular complexity index is 1260. The lowest BCUT2D eigenvalue weighted by atomic mass is 10.1. The lowest BCUT2D eigenvalue weighted by Gasteiger charge is -2.06. The van der Waals surface area contributed by atoms with Crippen molar-refractivity contribution in [1.29, 1.82) is 0 Å². The van der Waals surface area contributed by atoms with Crippen LogP contribution in [0.25, 0.3) is 20.7 Å². The summed E-state index contributed by atoms with van der Waals surface area (Å²) in [6, 6.07) is 18.2. The van der Waals surface area contributed by atoms with E-state index in [2.05, 4.69) is 10.3 Å². The number of thiophene rings is 1. The molecule has 1 N–H and O–H groups in total. The van der Waals surface area contributed by atoms with E-state index < -0.39 is 0 Å². The van der Waals surface area contributed by atoms with Crippen LogP contribution < -0.4 is 10.9 Å². The Balaban J connectivity index is 1.59. The highest BCUT2D eigenvalue weighted by molar-refractivity contribution is 7.21. The number of anilines is 1. The summed E-state index contributed by atoms with van der Waals surface area (Å²) in [5, 5.41) is 3.16. The van der Waals surface area contributed by atoms with E-state index in [0.717, 1.165) is 10.4 Å². The highest BCUT2D eigenvalue weighted by atomic mass is 32.1. The summed E-state index contributed by atoms with van der Waals surface area (Å²) in [7, 11) is 0. The molecule has 0 bridgehead atoms. The molecule has 4 aromatic rings. The fourth-order valence-corrected chi connectivity index (χ4v) is 4.00. The summed E-state index contributed by atoms with van der Waals surface area (Å²) in [5.41, 5.74) is 1.86.